The van der Waals surface area contributed by atoms with Crippen molar-refractivity contribution in [3.05, 3.63) is 64.9 Å². The fourth-order valence-electron chi connectivity index (χ4n) is 7.60. The molecule has 1 aromatic rings. The van der Waals surface area contributed by atoms with Crippen molar-refractivity contribution in [2.24, 2.45) is 16.4 Å². The van der Waals surface area contributed by atoms with Crippen LogP contribution in [0.1, 0.15) is 44.6 Å². The fraction of sp³-hybridized carbons (Fsp3) is 0.500. The molecule has 5 aliphatic rings. The van der Waals surface area contributed by atoms with Crippen LogP contribution >= 0.6 is 23.2 Å². The normalized spacial score (nSPS) is 28.6. The van der Waals surface area contributed by atoms with E-state index in [9.17, 15) is 22.8 Å². The number of hydrogen-bond acceptors (Lipinski definition) is 7. The van der Waals surface area contributed by atoms with Crippen LogP contribution in [-0.2, 0) is 24.4 Å². The molecular weight excluding hydrogens is 651 g/mol. The summed E-state index contributed by atoms with van der Waals surface area (Å²) in [7, 11) is -3.29. The van der Waals surface area contributed by atoms with Crippen LogP contribution in [0.15, 0.2) is 59.4 Å². The molecule has 1 aliphatic carbocycles. The molecule has 2 unspecified atom stereocenters. The quantitative estimate of drug-likeness (QED) is 0.335. The lowest BCUT2D eigenvalue weighted by Crippen LogP contribution is -2.63. The van der Waals surface area contributed by atoms with Crippen LogP contribution in [0.5, 0.6) is 0 Å². The van der Waals surface area contributed by atoms with Gasteiger partial charge in [-0.1, -0.05) is 42.8 Å². The molecule has 6 rings (SSSR count). The van der Waals surface area contributed by atoms with Crippen molar-refractivity contribution >= 4 is 62.4 Å². The van der Waals surface area contributed by atoms with Crippen molar-refractivity contribution in [2.45, 2.75) is 56.5 Å². The van der Waals surface area contributed by atoms with Gasteiger partial charge in [0.1, 0.15) is 18.5 Å². The maximum absolute atomic E-state index is 14.4. The summed E-state index contributed by atoms with van der Waals surface area (Å²) in [5.41, 5.74) is 1.92. The zero-order chi connectivity index (χ0) is 33.0. The number of hydrogen-bond donors (Lipinski definition) is 2. The van der Waals surface area contributed by atoms with E-state index >= 15 is 0 Å². The summed E-state index contributed by atoms with van der Waals surface area (Å²) >= 11 is 13.0. The number of amides is 3. The Morgan fingerprint density at radius 2 is 1.93 bits per heavy atom. The first-order chi connectivity index (χ1) is 21.8. The number of rotatable bonds is 7. The number of benzene rings is 1. The number of nitrogens with zero attached hydrogens (tertiary/aromatic N) is 4. The lowest BCUT2D eigenvalue weighted by molar-refractivity contribution is -0.139. The molecule has 2 fully saturated rings. The van der Waals surface area contributed by atoms with Gasteiger partial charge >= 0.3 is 0 Å². The van der Waals surface area contributed by atoms with Crippen molar-refractivity contribution in [3.8, 4) is 0 Å². The van der Waals surface area contributed by atoms with E-state index in [0.717, 1.165) is 22.4 Å². The van der Waals surface area contributed by atoms with Crippen LogP contribution in [0.2, 0.25) is 5.02 Å². The van der Waals surface area contributed by atoms with Gasteiger partial charge in [0.2, 0.25) is 21.8 Å². The van der Waals surface area contributed by atoms with Gasteiger partial charge < -0.3 is 15.5 Å². The third kappa shape index (κ3) is 5.78. The van der Waals surface area contributed by atoms with E-state index in [2.05, 4.69) is 22.3 Å². The van der Waals surface area contributed by atoms with Crippen molar-refractivity contribution in [1.29, 1.82) is 0 Å². The highest BCUT2D eigenvalue weighted by Gasteiger charge is 2.64. The number of allylic oxidation sites excluding steroid dienone is 2. The second-order valence-corrected chi connectivity index (χ2v) is 15.6. The summed E-state index contributed by atoms with van der Waals surface area (Å²) in [5.74, 6) is -0.732. The minimum Gasteiger partial charge on any atom is -0.352 e. The molecule has 2 N–H and O–H groups in total. The van der Waals surface area contributed by atoms with Crippen LogP contribution < -0.4 is 10.6 Å². The Morgan fingerprint density at radius 3 is 2.61 bits per heavy atom. The lowest BCUT2D eigenvalue weighted by atomic mass is 9.58. The molecule has 14 heteroatoms. The highest BCUT2D eigenvalue weighted by atomic mass is 35.5. The number of sulfonamides is 1. The summed E-state index contributed by atoms with van der Waals surface area (Å²) < 4.78 is 25.1. The Morgan fingerprint density at radius 1 is 1.20 bits per heavy atom. The number of alkyl halides is 1. The smallest absolute Gasteiger partial charge is 0.262 e. The average Bonchev–Trinajstić information content (AvgIpc) is 3.27. The van der Waals surface area contributed by atoms with E-state index < -0.39 is 21.5 Å². The van der Waals surface area contributed by atoms with E-state index in [-0.39, 0.29) is 48.1 Å². The first-order valence-electron chi connectivity index (χ1n) is 15.6. The first-order valence-corrected chi connectivity index (χ1v) is 18.2. The number of carbonyl (C=O) groups is 3. The zero-order valence-electron chi connectivity index (χ0n) is 25.8. The average molecular weight is 690 g/mol. The Labute approximate surface area is 279 Å². The summed E-state index contributed by atoms with van der Waals surface area (Å²) in [4.78, 5) is 43.0. The number of carbonyl (C=O) groups excluding carboxylic acids is 3. The molecule has 1 spiro atoms. The molecule has 3 amide bonds. The molecule has 4 atom stereocenters. The first kappa shape index (κ1) is 32.7. The van der Waals surface area contributed by atoms with E-state index in [1.807, 2.05) is 42.2 Å². The number of fused-ring (bicyclic) bond motifs is 3. The van der Waals surface area contributed by atoms with Gasteiger partial charge in [-0.05, 0) is 67.5 Å². The summed E-state index contributed by atoms with van der Waals surface area (Å²) in [6.45, 7) is 6.65. The topological polar surface area (TPSA) is 131 Å². The molecule has 11 nitrogen and oxygen atoms in total. The van der Waals surface area contributed by atoms with Crippen LogP contribution in [0.3, 0.4) is 0 Å². The number of amidine groups is 1. The third-order valence-corrected chi connectivity index (χ3v) is 11.7. The second kappa shape index (κ2) is 12.4. The van der Waals surface area contributed by atoms with Gasteiger partial charge in [0.05, 0.1) is 17.7 Å². The van der Waals surface area contributed by atoms with Crippen molar-refractivity contribution in [2.75, 3.05) is 32.4 Å². The Bertz CT molecular complexity index is 1680. The molecular formula is C32H38Cl2N6O5S. The molecule has 0 radical (unpaired) electrons. The lowest BCUT2D eigenvalue weighted by Gasteiger charge is -2.52. The van der Waals surface area contributed by atoms with Crippen LogP contribution in [-0.4, -0.2) is 96.1 Å². The molecule has 0 saturated carbocycles. The van der Waals surface area contributed by atoms with Gasteiger partial charge in [-0.3, -0.25) is 14.4 Å². The number of halogens is 2. The summed E-state index contributed by atoms with van der Waals surface area (Å²) in [6.07, 6.45) is 7.81. The van der Waals surface area contributed by atoms with Gasteiger partial charge in [-0.15, -0.1) is 11.6 Å². The molecule has 246 valence electrons. The predicted molar refractivity (Wildman–Crippen MR) is 177 cm³/mol. The molecule has 46 heavy (non-hydrogen) atoms. The molecule has 4 heterocycles. The van der Waals surface area contributed by atoms with Crippen molar-refractivity contribution in [1.82, 2.24) is 24.8 Å². The van der Waals surface area contributed by atoms with Crippen molar-refractivity contribution < 1.29 is 22.8 Å². The SMILES string of the molecule is C=C(CC)[C@H]1N2CC(=O)N(CC(=O)NC3CCN(S(C)(=O)=O)CC3)N=C2C=C(c2cccc(Cl)c2)[C@@]12C(=O)NC1=CC(Cl)CCC12. The summed E-state index contributed by atoms with van der Waals surface area (Å²) in [5, 5.41) is 12.2. The highest BCUT2D eigenvalue weighted by Crippen LogP contribution is 2.59. The molecule has 0 aromatic heterocycles. The maximum atomic E-state index is 14.4. The maximum Gasteiger partial charge on any atom is 0.262 e. The fourth-order valence-corrected chi connectivity index (χ4v) is 8.92. The minimum atomic E-state index is -3.29. The standard InChI is InChI=1S/C32H38Cl2N6O5S/c1-4-19(2)30-32(24-9-8-22(34)15-26(24)36-31(32)43)25(20-6-5-7-21(33)14-20)16-27-37-40(29(42)18-39(27)30)17-28(41)35-23-10-12-38(13-11-23)46(3,44)45/h5-7,14-16,22-24,30H,2,4,8-13,17-18H2,1,3H3,(H,35,41)(H,36,43)/t22?,24?,30-,32-/m1/s1. The Balaban J connectivity index is 1.37. The van der Waals surface area contributed by atoms with Gasteiger partial charge in [0.15, 0.2) is 5.84 Å². The zero-order valence-corrected chi connectivity index (χ0v) is 28.2. The summed E-state index contributed by atoms with van der Waals surface area (Å²) in [6, 6.07) is 6.55. The van der Waals surface area contributed by atoms with E-state index in [0.29, 0.717) is 56.1 Å². The predicted octanol–water partition coefficient (Wildman–Crippen LogP) is 3.09. The monoisotopic (exact) mass is 688 g/mol. The number of piperidine rings is 1. The molecule has 2 saturated heterocycles. The van der Waals surface area contributed by atoms with Gasteiger partial charge in [-0.25, -0.2) is 17.7 Å². The highest BCUT2D eigenvalue weighted by molar-refractivity contribution is 7.88. The van der Waals surface area contributed by atoms with Gasteiger partial charge in [-0.2, -0.15) is 5.10 Å². The van der Waals surface area contributed by atoms with Gasteiger partial charge in [0, 0.05) is 35.8 Å². The van der Waals surface area contributed by atoms with Crippen molar-refractivity contribution in [3.63, 3.8) is 0 Å². The van der Waals surface area contributed by atoms with Gasteiger partial charge in [0.25, 0.3) is 5.91 Å². The molecule has 4 aliphatic heterocycles. The van der Waals surface area contributed by atoms with Crippen LogP contribution in [0.25, 0.3) is 5.57 Å². The van der Waals surface area contributed by atoms with E-state index in [1.165, 1.54) is 15.6 Å². The Kier molecular flexibility index (Phi) is 8.86. The number of nitrogens with one attached hydrogen (secondary N) is 2. The second-order valence-electron chi connectivity index (χ2n) is 12.6. The minimum absolute atomic E-state index is 0.0964. The molecule has 1 aromatic carbocycles. The van der Waals surface area contributed by atoms with E-state index in [1.54, 1.807) is 6.07 Å². The number of hydrazone groups is 1. The van der Waals surface area contributed by atoms with Crippen LogP contribution in [0.4, 0.5) is 0 Å². The van der Waals surface area contributed by atoms with E-state index in [4.69, 9.17) is 23.2 Å². The Hall–Kier alpha value is -3.19. The molecule has 0 bridgehead atoms. The third-order valence-electron chi connectivity index (χ3n) is 9.78. The largest absolute Gasteiger partial charge is 0.352 e. The van der Waals surface area contributed by atoms with Crippen LogP contribution in [0, 0.1) is 11.3 Å².